The van der Waals surface area contributed by atoms with Gasteiger partial charge in [0.05, 0.1) is 0 Å². The van der Waals surface area contributed by atoms with Crippen molar-refractivity contribution in [3.05, 3.63) is 33.3 Å². The standard InChI is InChI=1S/C15H22BrClN2/c1-11(2)19(10-14-4-3-7-18-14)9-12-8-13(16)5-6-15(12)17/h5-6,8,11,14,18H,3-4,7,9-10H2,1-2H3. The summed E-state index contributed by atoms with van der Waals surface area (Å²) in [4.78, 5) is 2.50. The average Bonchev–Trinajstić information content (AvgIpc) is 2.85. The molecule has 106 valence electrons. The number of nitrogens with one attached hydrogen (secondary N) is 1. The summed E-state index contributed by atoms with van der Waals surface area (Å²) in [6.45, 7) is 7.67. The number of halogens is 2. The van der Waals surface area contributed by atoms with Crippen LogP contribution in [0.3, 0.4) is 0 Å². The molecular weight excluding hydrogens is 324 g/mol. The molecule has 1 aromatic rings. The first kappa shape index (κ1) is 15.3. The van der Waals surface area contributed by atoms with Gasteiger partial charge in [-0.25, -0.2) is 0 Å². The van der Waals surface area contributed by atoms with Gasteiger partial charge in [0, 0.05) is 34.7 Å². The topological polar surface area (TPSA) is 15.3 Å². The molecule has 1 saturated heterocycles. The quantitative estimate of drug-likeness (QED) is 0.865. The van der Waals surface area contributed by atoms with Crippen molar-refractivity contribution in [2.45, 2.75) is 45.3 Å². The van der Waals surface area contributed by atoms with Crippen molar-refractivity contribution in [3.63, 3.8) is 0 Å². The normalized spacial score (nSPS) is 19.6. The predicted molar refractivity (Wildman–Crippen MR) is 85.7 cm³/mol. The molecule has 1 heterocycles. The van der Waals surface area contributed by atoms with Crippen LogP contribution in [0.15, 0.2) is 22.7 Å². The Balaban J connectivity index is 2.04. The van der Waals surface area contributed by atoms with E-state index in [1.807, 2.05) is 12.1 Å². The van der Waals surface area contributed by atoms with Crippen LogP contribution in [0.5, 0.6) is 0 Å². The molecule has 0 bridgehead atoms. The van der Waals surface area contributed by atoms with Crippen molar-refractivity contribution in [2.75, 3.05) is 13.1 Å². The van der Waals surface area contributed by atoms with Crippen LogP contribution in [0.25, 0.3) is 0 Å². The average molecular weight is 346 g/mol. The molecule has 1 fully saturated rings. The van der Waals surface area contributed by atoms with E-state index < -0.39 is 0 Å². The van der Waals surface area contributed by atoms with Crippen molar-refractivity contribution < 1.29 is 0 Å². The lowest BCUT2D eigenvalue weighted by atomic mass is 10.1. The first-order valence-electron chi connectivity index (χ1n) is 6.97. The van der Waals surface area contributed by atoms with E-state index in [1.54, 1.807) is 0 Å². The second-order valence-electron chi connectivity index (χ2n) is 5.55. The van der Waals surface area contributed by atoms with E-state index in [2.05, 4.69) is 46.1 Å². The van der Waals surface area contributed by atoms with Gasteiger partial charge in [0.1, 0.15) is 0 Å². The van der Waals surface area contributed by atoms with Crippen molar-refractivity contribution in [1.82, 2.24) is 10.2 Å². The summed E-state index contributed by atoms with van der Waals surface area (Å²) in [6, 6.07) is 7.24. The Labute approximate surface area is 129 Å². The lowest BCUT2D eigenvalue weighted by Crippen LogP contribution is -2.40. The molecule has 1 aliphatic rings. The van der Waals surface area contributed by atoms with Crippen LogP contribution < -0.4 is 5.32 Å². The van der Waals surface area contributed by atoms with Crippen LogP contribution in [0.1, 0.15) is 32.3 Å². The highest BCUT2D eigenvalue weighted by Gasteiger charge is 2.20. The fourth-order valence-electron chi connectivity index (χ4n) is 2.54. The van der Waals surface area contributed by atoms with Gasteiger partial charge in [0.15, 0.2) is 0 Å². The van der Waals surface area contributed by atoms with Crippen LogP contribution in [0, 0.1) is 0 Å². The third-order valence-electron chi connectivity index (χ3n) is 3.73. The molecule has 0 aliphatic carbocycles. The fourth-order valence-corrected chi connectivity index (χ4v) is 3.12. The minimum Gasteiger partial charge on any atom is -0.313 e. The number of rotatable bonds is 5. The molecule has 0 aromatic heterocycles. The maximum atomic E-state index is 6.30. The Morgan fingerprint density at radius 2 is 2.26 bits per heavy atom. The highest BCUT2D eigenvalue weighted by atomic mass is 79.9. The summed E-state index contributed by atoms with van der Waals surface area (Å²) in [6.07, 6.45) is 2.59. The molecule has 0 saturated carbocycles. The van der Waals surface area contributed by atoms with Crippen LogP contribution in [-0.2, 0) is 6.54 Å². The first-order chi connectivity index (χ1) is 9.06. The Bertz CT molecular complexity index is 417. The number of hydrogen-bond acceptors (Lipinski definition) is 2. The molecule has 1 unspecified atom stereocenters. The van der Waals surface area contributed by atoms with Crippen LogP contribution in [-0.4, -0.2) is 30.1 Å². The highest BCUT2D eigenvalue weighted by Crippen LogP contribution is 2.23. The monoisotopic (exact) mass is 344 g/mol. The number of benzene rings is 1. The van der Waals surface area contributed by atoms with Gasteiger partial charge in [-0.2, -0.15) is 0 Å². The van der Waals surface area contributed by atoms with E-state index in [9.17, 15) is 0 Å². The highest BCUT2D eigenvalue weighted by molar-refractivity contribution is 9.10. The Kier molecular flexibility index (Phi) is 5.70. The Morgan fingerprint density at radius 3 is 2.89 bits per heavy atom. The molecule has 1 N–H and O–H groups in total. The van der Waals surface area contributed by atoms with E-state index in [0.717, 1.165) is 29.1 Å². The molecule has 1 atom stereocenters. The van der Waals surface area contributed by atoms with E-state index in [1.165, 1.54) is 18.4 Å². The minimum absolute atomic E-state index is 0.525. The third kappa shape index (κ3) is 4.45. The third-order valence-corrected chi connectivity index (χ3v) is 4.59. The van der Waals surface area contributed by atoms with E-state index in [-0.39, 0.29) is 0 Å². The Morgan fingerprint density at radius 1 is 1.47 bits per heavy atom. The summed E-state index contributed by atoms with van der Waals surface area (Å²) in [5.41, 5.74) is 1.20. The minimum atomic E-state index is 0.525. The maximum absolute atomic E-state index is 6.30. The van der Waals surface area contributed by atoms with E-state index in [0.29, 0.717) is 12.1 Å². The van der Waals surface area contributed by atoms with Gasteiger partial charge in [-0.3, -0.25) is 4.90 Å². The van der Waals surface area contributed by atoms with Crippen LogP contribution >= 0.6 is 27.5 Å². The lowest BCUT2D eigenvalue weighted by Gasteiger charge is -2.29. The van der Waals surface area contributed by atoms with Gasteiger partial charge in [-0.1, -0.05) is 27.5 Å². The predicted octanol–water partition coefficient (Wildman–Crippen LogP) is 4.06. The number of nitrogens with zero attached hydrogens (tertiary/aromatic N) is 1. The number of hydrogen-bond donors (Lipinski definition) is 1. The second kappa shape index (κ2) is 7.07. The van der Waals surface area contributed by atoms with Crippen LogP contribution in [0.2, 0.25) is 5.02 Å². The molecule has 0 spiro atoms. The largest absolute Gasteiger partial charge is 0.313 e. The molecule has 2 nitrogen and oxygen atoms in total. The zero-order valence-electron chi connectivity index (χ0n) is 11.6. The van der Waals surface area contributed by atoms with Crippen LogP contribution in [0.4, 0.5) is 0 Å². The van der Waals surface area contributed by atoms with Gasteiger partial charge in [0.25, 0.3) is 0 Å². The second-order valence-corrected chi connectivity index (χ2v) is 6.88. The molecule has 1 aliphatic heterocycles. The van der Waals surface area contributed by atoms with Crippen molar-refractivity contribution in [2.24, 2.45) is 0 Å². The lowest BCUT2D eigenvalue weighted by molar-refractivity contribution is 0.194. The van der Waals surface area contributed by atoms with Gasteiger partial charge < -0.3 is 5.32 Å². The zero-order valence-corrected chi connectivity index (χ0v) is 14.0. The van der Waals surface area contributed by atoms with E-state index in [4.69, 9.17) is 11.6 Å². The Hall–Kier alpha value is -0.0900. The summed E-state index contributed by atoms with van der Waals surface area (Å²) >= 11 is 9.82. The summed E-state index contributed by atoms with van der Waals surface area (Å²) in [5, 5.41) is 4.42. The molecule has 0 radical (unpaired) electrons. The molecule has 19 heavy (non-hydrogen) atoms. The first-order valence-corrected chi connectivity index (χ1v) is 8.14. The summed E-state index contributed by atoms with van der Waals surface area (Å²) < 4.78 is 1.09. The molecule has 1 aromatic carbocycles. The molecule has 0 amide bonds. The van der Waals surface area contributed by atoms with Gasteiger partial charge in [0.2, 0.25) is 0 Å². The van der Waals surface area contributed by atoms with Crippen molar-refractivity contribution in [3.8, 4) is 0 Å². The van der Waals surface area contributed by atoms with Gasteiger partial charge in [-0.15, -0.1) is 0 Å². The van der Waals surface area contributed by atoms with E-state index >= 15 is 0 Å². The summed E-state index contributed by atoms with van der Waals surface area (Å²) in [7, 11) is 0. The zero-order chi connectivity index (χ0) is 13.8. The van der Waals surface area contributed by atoms with Crippen molar-refractivity contribution >= 4 is 27.5 Å². The smallest absolute Gasteiger partial charge is 0.0451 e. The fraction of sp³-hybridized carbons (Fsp3) is 0.600. The van der Waals surface area contributed by atoms with Crippen molar-refractivity contribution in [1.29, 1.82) is 0 Å². The van der Waals surface area contributed by atoms with Gasteiger partial charge >= 0.3 is 0 Å². The molecule has 4 heteroatoms. The SMILES string of the molecule is CC(C)N(Cc1cc(Br)ccc1Cl)CC1CCCN1. The molecule has 2 rings (SSSR count). The maximum Gasteiger partial charge on any atom is 0.0451 e. The van der Waals surface area contributed by atoms with Gasteiger partial charge in [-0.05, 0) is 57.0 Å². The molecular formula is C15H22BrClN2. The summed E-state index contributed by atoms with van der Waals surface area (Å²) in [5.74, 6) is 0.